The zero-order valence-electron chi connectivity index (χ0n) is 16.0. The number of thioether (sulfide) groups is 1. The normalized spacial score (nSPS) is 12.1. The summed E-state index contributed by atoms with van der Waals surface area (Å²) in [5.41, 5.74) is 1.15. The molecular formula is C21H18FN5O2S. The average molecular weight is 423 g/mol. The highest BCUT2D eigenvalue weighted by atomic mass is 32.2. The van der Waals surface area contributed by atoms with Gasteiger partial charge < -0.3 is 4.98 Å². The van der Waals surface area contributed by atoms with Crippen molar-refractivity contribution >= 4 is 11.8 Å². The topological polar surface area (TPSA) is 96.4 Å². The number of H-pyrrole nitrogens is 2. The van der Waals surface area contributed by atoms with E-state index < -0.39 is 11.2 Å². The fraction of sp³-hybridized carbons (Fsp3) is 0.143. The maximum absolute atomic E-state index is 13.5. The predicted molar refractivity (Wildman–Crippen MR) is 113 cm³/mol. The van der Waals surface area contributed by atoms with Crippen molar-refractivity contribution in [2.75, 3.05) is 0 Å². The van der Waals surface area contributed by atoms with Gasteiger partial charge in [-0.2, -0.15) is 0 Å². The number of hydrogen-bond acceptors (Lipinski definition) is 5. The Hall–Kier alpha value is -3.46. The highest BCUT2D eigenvalue weighted by Gasteiger charge is 2.19. The lowest BCUT2D eigenvalue weighted by Gasteiger charge is -2.14. The molecule has 30 heavy (non-hydrogen) atoms. The molecule has 0 saturated carbocycles. The summed E-state index contributed by atoms with van der Waals surface area (Å²) in [5.74, 6) is 0.171. The number of halogens is 1. The maximum Gasteiger partial charge on any atom is 0.325 e. The largest absolute Gasteiger partial charge is 0.325 e. The molecule has 0 fully saturated rings. The fourth-order valence-electron chi connectivity index (χ4n) is 3.08. The van der Waals surface area contributed by atoms with E-state index in [9.17, 15) is 14.0 Å². The van der Waals surface area contributed by atoms with Gasteiger partial charge in [0.1, 0.15) is 11.6 Å². The molecule has 152 valence electrons. The van der Waals surface area contributed by atoms with Crippen LogP contribution in [-0.4, -0.2) is 24.7 Å². The van der Waals surface area contributed by atoms with Gasteiger partial charge >= 0.3 is 5.69 Å². The second kappa shape index (κ2) is 8.50. The van der Waals surface area contributed by atoms with E-state index in [0.717, 1.165) is 5.56 Å². The van der Waals surface area contributed by atoms with Crippen molar-refractivity contribution in [2.45, 2.75) is 23.8 Å². The molecule has 2 N–H and O–H groups in total. The third kappa shape index (κ3) is 4.41. The molecule has 1 unspecified atom stereocenters. The van der Waals surface area contributed by atoms with Gasteiger partial charge in [0.05, 0.1) is 0 Å². The van der Waals surface area contributed by atoms with Crippen molar-refractivity contribution in [1.29, 1.82) is 0 Å². The number of aromatic nitrogens is 5. The summed E-state index contributed by atoms with van der Waals surface area (Å²) in [6, 6.07) is 17.3. The molecule has 2 aromatic heterocycles. The molecule has 0 bridgehead atoms. The van der Waals surface area contributed by atoms with Crippen LogP contribution in [0.25, 0.3) is 5.69 Å². The van der Waals surface area contributed by atoms with Crippen molar-refractivity contribution in [3.63, 3.8) is 0 Å². The lowest BCUT2D eigenvalue weighted by molar-refractivity contribution is 0.627. The Labute approximate surface area is 175 Å². The molecule has 9 heteroatoms. The van der Waals surface area contributed by atoms with Gasteiger partial charge in [-0.25, -0.2) is 9.18 Å². The summed E-state index contributed by atoms with van der Waals surface area (Å²) in [4.78, 5) is 28.0. The molecule has 1 atom stereocenters. The Morgan fingerprint density at radius 2 is 1.77 bits per heavy atom. The first-order valence-corrected chi connectivity index (χ1v) is 10.1. The zero-order chi connectivity index (χ0) is 21.1. The maximum atomic E-state index is 13.5. The van der Waals surface area contributed by atoms with E-state index in [4.69, 9.17) is 0 Å². The zero-order valence-corrected chi connectivity index (χ0v) is 16.8. The number of nitrogens with one attached hydrogen (secondary N) is 2. The van der Waals surface area contributed by atoms with Gasteiger partial charge in [-0.05, 0) is 36.8 Å². The van der Waals surface area contributed by atoms with Gasteiger partial charge in [0.2, 0.25) is 0 Å². The van der Waals surface area contributed by atoms with Gasteiger partial charge in [0, 0.05) is 29.1 Å². The van der Waals surface area contributed by atoms with E-state index in [-0.39, 0.29) is 17.5 Å². The van der Waals surface area contributed by atoms with E-state index in [0.29, 0.717) is 22.4 Å². The third-order valence-electron chi connectivity index (χ3n) is 4.50. The lowest BCUT2D eigenvalue weighted by atomic mass is 10.2. The van der Waals surface area contributed by atoms with Crippen molar-refractivity contribution in [3.05, 3.63) is 104 Å². The number of aromatic amines is 2. The number of hydrogen-bond donors (Lipinski definition) is 2. The van der Waals surface area contributed by atoms with Crippen molar-refractivity contribution < 1.29 is 4.39 Å². The minimum absolute atomic E-state index is 0.0989. The Kier molecular flexibility index (Phi) is 5.62. The average Bonchev–Trinajstić information content (AvgIpc) is 3.10. The molecular weight excluding hydrogens is 405 g/mol. The van der Waals surface area contributed by atoms with E-state index >= 15 is 0 Å². The minimum Gasteiger partial charge on any atom is -0.311 e. The van der Waals surface area contributed by atoms with E-state index in [1.807, 2.05) is 34.9 Å². The summed E-state index contributed by atoms with van der Waals surface area (Å²) < 4.78 is 15.3. The van der Waals surface area contributed by atoms with Crippen molar-refractivity contribution in [3.8, 4) is 5.69 Å². The Morgan fingerprint density at radius 1 is 1.03 bits per heavy atom. The molecule has 2 heterocycles. The van der Waals surface area contributed by atoms with E-state index in [1.54, 1.807) is 12.1 Å². The van der Waals surface area contributed by atoms with Crippen LogP contribution in [0.3, 0.4) is 0 Å². The van der Waals surface area contributed by atoms with E-state index in [1.165, 1.54) is 30.0 Å². The Bertz CT molecular complexity index is 1240. The Morgan fingerprint density at radius 3 is 2.47 bits per heavy atom. The summed E-state index contributed by atoms with van der Waals surface area (Å²) >= 11 is 1.52. The van der Waals surface area contributed by atoms with Crippen LogP contribution in [0.2, 0.25) is 0 Å². The van der Waals surface area contributed by atoms with Gasteiger partial charge in [0.15, 0.2) is 5.16 Å². The van der Waals surface area contributed by atoms with Crippen LogP contribution < -0.4 is 11.2 Å². The molecule has 0 amide bonds. The standard InChI is InChI=1S/C21H18FN5O2S/c1-13(14-5-3-2-4-6-14)30-21-26-25-18(11-16-12-19(28)24-20(29)23-16)27(21)17-9-7-15(22)8-10-17/h2-10,12-13H,11H2,1H3,(H2,23,24,28,29). The van der Waals surface area contributed by atoms with Crippen LogP contribution in [0.5, 0.6) is 0 Å². The summed E-state index contributed by atoms with van der Waals surface area (Å²) in [6.45, 7) is 2.07. The van der Waals surface area contributed by atoms with Crippen molar-refractivity contribution in [1.82, 2.24) is 24.7 Å². The summed E-state index contributed by atoms with van der Waals surface area (Å²) in [6.07, 6.45) is 0.184. The third-order valence-corrected chi connectivity index (χ3v) is 5.60. The first-order valence-electron chi connectivity index (χ1n) is 9.24. The van der Waals surface area contributed by atoms with Crippen LogP contribution in [0.15, 0.2) is 75.4 Å². The number of benzene rings is 2. The second-order valence-electron chi connectivity index (χ2n) is 6.67. The number of nitrogens with zero attached hydrogens (tertiary/aromatic N) is 3. The minimum atomic E-state index is -0.586. The second-order valence-corrected chi connectivity index (χ2v) is 7.98. The van der Waals surface area contributed by atoms with Gasteiger partial charge in [0.25, 0.3) is 5.56 Å². The molecule has 2 aromatic carbocycles. The SMILES string of the molecule is CC(Sc1nnc(Cc2cc(=O)[nH]c(=O)[nH]2)n1-c1ccc(F)cc1)c1ccccc1. The van der Waals surface area contributed by atoms with Crippen LogP contribution in [0.4, 0.5) is 4.39 Å². The first-order chi connectivity index (χ1) is 14.5. The molecule has 0 aliphatic heterocycles. The molecule has 0 radical (unpaired) electrons. The van der Waals surface area contributed by atoms with Gasteiger partial charge in [-0.15, -0.1) is 10.2 Å². The molecule has 0 spiro atoms. The predicted octanol–water partition coefficient (Wildman–Crippen LogP) is 3.23. The molecule has 0 aliphatic rings. The van der Waals surface area contributed by atoms with E-state index in [2.05, 4.69) is 27.1 Å². The highest BCUT2D eigenvalue weighted by Crippen LogP contribution is 2.35. The smallest absolute Gasteiger partial charge is 0.311 e. The Balaban J connectivity index is 1.74. The highest BCUT2D eigenvalue weighted by molar-refractivity contribution is 7.99. The fourth-order valence-corrected chi connectivity index (χ4v) is 4.09. The van der Waals surface area contributed by atoms with Crippen molar-refractivity contribution in [2.24, 2.45) is 0 Å². The van der Waals surface area contributed by atoms with Crippen LogP contribution in [-0.2, 0) is 6.42 Å². The van der Waals surface area contributed by atoms with Gasteiger partial charge in [-0.1, -0.05) is 42.1 Å². The summed E-state index contributed by atoms with van der Waals surface area (Å²) in [7, 11) is 0. The molecule has 4 aromatic rings. The quantitative estimate of drug-likeness (QED) is 0.464. The number of rotatable bonds is 6. The molecule has 7 nitrogen and oxygen atoms in total. The van der Waals surface area contributed by atoms with Gasteiger partial charge in [-0.3, -0.25) is 14.3 Å². The molecule has 4 rings (SSSR count). The van der Waals surface area contributed by atoms with Crippen LogP contribution in [0.1, 0.15) is 29.3 Å². The lowest BCUT2D eigenvalue weighted by Crippen LogP contribution is -2.23. The monoisotopic (exact) mass is 423 g/mol. The van der Waals surface area contributed by atoms with Crippen LogP contribution in [0, 0.1) is 5.82 Å². The molecule has 0 saturated heterocycles. The molecule has 0 aliphatic carbocycles. The summed E-state index contributed by atoms with van der Waals surface area (Å²) in [5, 5.41) is 9.33. The van der Waals surface area contributed by atoms with Crippen LogP contribution >= 0.6 is 11.8 Å². The first kappa shape index (κ1) is 19.8.